The van der Waals surface area contributed by atoms with E-state index in [1.807, 2.05) is 0 Å². The summed E-state index contributed by atoms with van der Waals surface area (Å²) in [4.78, 5) is 34.4. The highest BCUT2D eigenvalue weighted by Crippen LogP contribution is 2.08. The number of hydrogen-bond donors (Lipinski definition) is 1. The quantitative estimate of drug-likeness (QED) is 0.532. The van der Waals surface area contributed by atoms with E-state index >= 15 is 0 Å². The number of carbonyl (C=O) groups is 3. The smallest absolute Gasteiger partial charge is 0.335 e. The van der Waals surface area contributed by atoms with E-state index in [9.17, 15) is 14.4 Å². The van der Waals surface area contributed by atoms with Gasteiger partial charge in [0.2, 0.25) is 0 Å². The molecule has 0 aliphatic carbocycles. The summed E-state index contributed by atoms with van der Waals surface area (Å²) in [5.41, 5.74) is 4.85. The van der Waals surface area contributed by atoms with E-state index in [0.29, 0.717) is 4.90 Å². The molecule has 1 aliphatic heterocycles. The molecular weight excluding hydrogens is 162 g/mol. The van der Waals surface area contributed by atoms with Crippen molar-refractivity contribution in [2.45, 2.75) is 6.92 Å². The Labute approximate surface area is 68.9 Å². The largest absolute Gasteiger partial charge is 0.351 e. The lowest BCUT2D eigenvalue weighted by Crippen LogP contribution is -2.39. The van der Waals surface area contributed by atoms with Crippen LogP contribution in [0.1, 0.15) is 6.92 Å². The van der Waals surface area contributed by atoms with Gasteiger partial charge >= 0.3 is 12.1 Å². The topological polar surface area (TPSA) is 83.7 Å². The third-order valence-electron chi connectivity index (χ3n) is 1.64. The summed E-state index contributed by atoms with van der Waals surface area (Å²) in [5.74, 6) is -0.388. The molecule has 2 N–H and O–H groups in total. The van der Waals surface area contributed by atoms with Gasteiger partial charge < -0.3 is 5.73 Å². The minimum absolute atomic E-state index is 0.234. The number of likely N-dealkylation sites (N-methyl/N-ethyl adjacent to an activating group) is 1. The van der Waals surface area contributed by atoms with Crippen molar-refractivity contribution in [2.75, 3.05) is 13.1 Å². The van der Waals surface area contributed by atoms with Gasteiger partial charge in [-0.3, -0.25) is 9.69 Å². The van der Waals surface area contributed by atoms with Crippen LogP contribution in [0.5, 0.6) is 0 Å². The third kappa shape index (κ3) is 1.11. The van der Waals surface area contributed by atoms with Crippen molar-refractivity contribution < 1.29 is 14.4 Å². The standard InChI is InChI=1S/C6H9N3O3/c1-2-8-4(10)3-9(5(7)11)6(8)12/h2-3H2,1H3,(H2,7,11). The molecule has 12 heavy (non-hydrogen) atoms. The summed E-state index contributed by atoms with van der Waals surface area (Å²) < 4.78 is 0. The molecule has 0 aromatic rings. The Kier molecular flexibility index (Phi) is 1.99. The summed E-state index contributed by atoms with van der Waals surface area (Å²) in [5, 5.41) is 0. The minimum Gasteiger partial charge on any atom is -0.351 e. The summed E-state index contributed by atoms with van der Waals surface area (Å²) >= 11 is 0. The second-order valence-electron chi connectivity index (χ2n) is 2.34. The highest BCUT2D eigenvalue weighted by Gasteiger charge is 2.37. The molecule has 0 bridgehead atoms. The second kappa shape index (κ2) is 2.80. The number of amides is 5. The van der Waals surface area contributed by atoms with E-state index < -0.39 is 12.1 Å². The molecular formula is C6H9N3O3. The van der Waals surface area contributed by atoms with Crippen LogP contribution in [-0.4, -0.2) is 40.9 Å². The molecule has 1 aliphatic rings. The first-order chi connectivity index (χ1) is 5.57. The molecule has 0 saturated carbocycles. The number of primary amides is 1. The van der Waals surface area contributed by atoms with Crippen molar-refractivity contribution in [3.05, 3.63) is 0 Å². The molecule has 0 unspecified atom stereocenters. The van der Waals surface area contributed by atoms with Crippen LogP contribution in [-0.2, 0) is 4.79 Å². The van der Waals surface area contributed by atoms with Gasteiger partial charge in [0.25, 0.3) is 5.91 Å². The maximum Gasteiger partial charge on any atom is 0.335 e. The van der Waals surface area contributed by atoms with Crippen LogP contribution in [0.2, 0.25) is 0 Å². The van der Waals surface area contributed by atoms with Gasteiger partial charge in [0.1, 0.15) is 6.54 Å². The fourth-order valence-corrected chi connectivity index (χ4v) is 1.02. The second-order valence-corrected chi connectivity index (χ2v) is 2.34. The Morgan fingerprint density at radius 3 is 2.42 bits per heavy atom. The number of carbonyl (C=O) groups excluding carboxylic acids is 3. The molecule has 1 heterocycles. The Bertz CT molecular complexity index is 250. The molecule has 0 atom stereocenters. The first-order valence-electron chi connectivity index (χ1n) is 3.49. The molecule has 66 valence electrons. The van der Waals surface area contributed by atoms with E-state index in [0.717, 1.165) is 4.90 Å². The maximum absolute atomic E-state index is 11.1. The van der Waals surface area contributed by atoms with Crippen molar-refractivity contribution >= 4 is 18.0 Å². The molecule has 1 saturated heterocycles. The number of rotatable bonds is 1. The van der Waals surface area contributed by atoms with E-state index in [1.165, 1.54) is 0 Å². The van der Waals surface area contributed by atoms with Crippen LogP contribution in [0.25, 0.3) is 0 Å². The molecule has 1 fully saturated rings. The third-order valence-corrected chi connectivity index (χ3v) is 1.64. The summed E-state index contributed by atoms with van der Waals surface area (Å²) in [6, 6.07) is -1.51. The number of urea groups is 2. The zero-order chi connectivity index (χ0) is 9.30. The normalized spacial score (nSPS) is 17.4. The number of hydrogen-bond acceptors (Lipinski definition) is 3. The molecule has 6 nitrogen and oxygen atoms in total. The summed E-state index contributed by atoms with van der Waals surface area (Å²) in [6.07, 6.45) is 0. The van der Waals surface area contributed by atoms with Crippen LogP contribution < -0.4 is 5.73 Å². The van der Waals surface area contributed by atoms with Gasteiger partial charge in [-0.15, -0.1) is 0 Å². The molecule has 0 aromatic heterocycles. The predicted molar refractivity (Wildman–Crippen MR) is 39.1 cm³/mol. The van der Waals surface area contributed by atoms with Gasteiger partial charge in [0, 0.05) is 6.54 Å². The Hall–Kier alpha value is -1.59. The van der Waals surface area contributed by atoms with Gasteiger partial charge in [-0.05, 0) is 6.92 Å². The molecule has 0 aromatic carbocycles. The fourth-order valence-electron chi connectivity index (χ4n) is 1.02. The van der Waals surface area contributed by atoms with Gasteiger partial charge in [0.05, 0.1) is 0 Å². The first-order valence-corrected chi connectivity index (χ1v) is 3.49. The monoisotopic (exact) mass is 171 g/mol. The summed E-state index contributed by atoms with van der Waals surface area (Å²) in [6.45, 7) is 1.68. The van der Waals surface area contributed by atoms with Crippen molar-refractivity contribution in [1.82, 2.24) is 9.80 Å². The average Bonchev–Trinajstić information content (AvgIpc) is 2.27. The highest BCUT2D eigenvalue weighted by atomic mass is 16.2. The van der Waals surface area contributed by atoms with Crippen LogP contribution in [0, 0.1) is 0 Å². The minimum atomic E-state index is -0.885. The van der Waals surface area contributed by atoms with Crippen molar-refractivity contribution in [3.63, 3.8) is 0 Å². The van der Waals surface area contributed by atoms with Crippen LogP contribution in [0.3, 0.4) is 0 Å². The van der Waals surface area contributed by atoms with Crippen molar-refractivity contribution in [3.8, 4) is 0 Å². The van der Waals surface area contributed by atoms with E-state index in [-0.39, 0.29) is 19.0 Å². The summed E-state index contributed by atoms with van der Waals surface area (Å²) in [7, 11) is 0. The number of imide groups is 2. The molecule has 0 spiro atoms. The Morgan fingerprint density at radius 1 is 1.58 bits per heavy atom. The van der Waals surface area contributed by atoms with Crippen molar-refractivity contribution in [1.29, 1.82) is 0 Å². The molecule has 0 radical (unpaired) electrons. The fraction of sp³-hybridized carbons (Fsp3) is 0.500. The van der Waals surface area contributed by atoms with Gasteiger partial charge in [-0.2, -0.15) is 0 Å². The molecule has 1 rings (SSSR count). The van der Waals surface area contributed by atoms with E-state index in [4.69, 9.17) is 5.73 Å². The highest BCUT2D eigenvalue weighted by molar-refractivity contribution is 6.09. The Balaban J connectivity index is 2.82. The maximum atomic E-state index is 11.1. The first kappa shape index (κ1) is 8.51. The predicted octanol–water partition coefficient (Wildman–Crippen LogP) is -0.651. The van der Waals surface area contributed by atoms with Gasteiger partial charge in [-0.25, -0.2) is 14.5 Å². The zero-order valence-corrected chi connectivity index (χ0v) is 6.61. The van der Waals surface area contributed by atoms with Gasteiger partial charge in [0.15, 0.2) is 0 Å². The Morgan fingerprint density at radius 2 is 2.17 bits per heavy atom. The average molecular weight is 171 g/mol. The molecule has 6 heteroatoms. The van der Waals surface area contributed by atoms with E-state index in [2.05, 4.69) is 0 Å². The van der Waals surface area contributed by atoms with Crippen LogP contribution >= 0.6 is 0 Å². The molecule has 5 amide bonds. The van der Waals surface area contributed by atoms with Crippen LogP contribution in [0.15, 0.2) is 0 Å². The SMILES string of the molecule is CCN1C(=O)CN(C(N)=O)C1=O. The van der Waals surface area contributed by atoms with Crippen LogP contribution in [0.4, 0.5) is 9.59 Å². The lowest BCUT2D eigenvalue weighted by atomic mass is 10.5. The van der Waals surface area contributed by atoms with Crippen molar-refractivity contribution in [2.24, 2.45) is 5.73 Å². The van der Waals surface area contributed by atoms with E-state index in [1.54, 1.807) is 6.92 Å². The lowest BCUT2D eigenvalue weighted by Gasteiger charge is -2.11. The number of nitrogens with zero attached hydrogens (tertiary/aromatic N) is 2. The lowest BCUT2D eigenvalue weighted by molar-refractivity contribution is -0.125. The van der Waals surface area contributed by atoms with Gasteiger partial charge in [-0.1, -0.05) is 0 Å². The number of nitrogens with two attached hydrogens (primary N) is 1. The zero-order valence-electron chi connectivity index (χ0n) is 6.61.